The summed E-state index contributed by atoms with van der Waals surface area (Å²) < 4.78 is 44.6. The molecule has 0 aliphatic carbocycles. The summed E-state index contributed by atoms with van der Waals surface area (Å²) in [6, 6.07) is 4.14. The average molecular weight is 316 g/mol. The Morgan fingerprint density at radius 3 is 2.76 bits per heavy atom. The molecule has 3 nitrogen and oxygen atoms in total. The first-order valence-corrected chi connectivity index (χ1v) is 7.29. The summed E-state index contributed by atoms with van der Waals surface area (Å²) in [5.41, 5.74) is 1.44. The summed E-state index contributed by atoms with van der Waals surface area (Å²) in [4.78, 5) is 4.64. The molecule has 21 heavy (non-hydrogen) atoms. The first-order valence-electron chi connectivity index (χ1n) is 6.41. The number of thiazole rings is 1. The molecule has 1 aromatic heterocycles. The number of alkyl halides is 3. The molecule has 0 unspecified atom stereocenters. The minimum Gasteiger partial charge on any atom is -0.487 e. The van der Waals surface area contributed by atoms with E-state index < -0.39 is 11.7 Å². The van der Waals surface area contributed by atoms with E-state index in [1.54, 1.807) is 17.8 Å². The zero-order valence-electron chi connectivity index (χ0n) is 11.4. The van der Waals surface area contributed by atoms with Gasteiger partial charge in [-0.3, -0.25) is 4.98 Å². The maximum atomic E-state index is 13.1. The van der Waals surface area contributed by atoms with Gasteiger partial charge in [-0.15, -0.1) is 11.3 Å². The van der Waals surface area contributed by atoms with Crippen molar-refractivity contribution in [3.05, 3.63) is 45.9 Å². The van der Waals surface area contributed by atoms with Gasteiger partial charge in [0, 0.05) is 12.7 Å². The Bertz CT molecular complexity index is 570. The fourth-order valence-electron chi connectivity index (χ4n) is 1.77. The quantitative estimate of drug-likeness (QED) is 0.879. The first kappa shape index (κ1) is 15.8. The van der Waals surface area contributed by atoms with Crippen molar-refractivity contribution in [2.45, 2.75) is 26.3 Å². The van der Waals surface area contributed by atoms with E-state index in [1.165, 1.54) is 17.4 Å². The number of halogens is 3. The lowest BCUT2D eigenvalue weighted by Gasteiger charge is -2.15. The molecule has 0 fully saturated rings. The van der Waals surface area contributed by atoms with Crippen molar-refractivity contribution in [2.24, 2.45) is 0 Å². The molecule has 1 N–H and O–H groups in total. The molecule has 1 aromatic carbocycles. The Hall–Kier alpha value is -1.60. The minimum atomic E-state index is -4.44. The number of hydrogen-bond donors (Lipinski definition) is 1. The fraction of sp³-hybridized carbons (Fsp3) is 0.357. The number of nitrogens with zero attached hydrogens (tertiary/aromatic N) is 1. The van der Waals surface area contributed by atoms with Crippen LogP contribution in [0, 0.1) is 0 Å². The number of nitrogens with one attached hydrogen (secondary N) is 1. The van der Waals surface area contributed by atoms with Crippen molar-refractivity contribution in [3.63, 3.8) is 0 Å². The second kappa shape index (κ2) is 6.91. The summed E-state index contributed by atoms with van der Waals surface area (Å²) in [5.74, 6) is -0.156. The largest absolute Gasteiger partial charge is 0.487 e. The SMILES string of the molecule is CCNCc1ccc(OCc2cncs2)c(C(F)(F)F)c1. The lowest BCUT2D eigenvalue weighted by Crippen LogP contribution is -2.14. The number of ether oxygens (including phenoxy) is 1. The van der Waals surface area contributed by atoms with Crippen LogP contribution in [-0.2, 0) is 19.3 Å². The molecule has 0 atom stereocenters. The molecule has 0 amide bonds. The van der Waals surface area contributed by atoms with Crippen LogP contribution in [0.15, 0.2) is 29.9 Å². The third kappa shape index (κ3) is 4.44. The van der Waals surface area contributed by atoms with E-state index in [0.717, 1.165) is 10.9 Å². The second-order valence-electron chi connectivity index (χ2n) is 4.37. The maximum Gasteiger partial charge on any atom is 0.419 e. The van der Waals surface area contributed by atoms with Crippen LogP contribution in [0.5, 0.6) is 5.75 Å². The topological polar surface area (TPSA) is 34.1 Å². The Morgan fingerprint density at radius 2 is 2.14 bits per heavy atom. The molecule has 0 saturated heterocycles. The van der Waals surface area contributed by atoms with Gasteiger partial charge in [0.15, 0.2) is 0 Å². The van der Waals surface area contributed by atoms with Gasteiger partial charge in [-0.1, -0.05) is 13.0 Å². The Balaban J connectivity index is 2.18. The summed E-state index contributed by atoms with van der Waals surface area (Å²) >= 11 is 1.34. The van der Waals surface area contributed by atoms with Crippen LogP contribution in [0.2, 0.25) is 0 Å². The predicted octanol–water partition coefficient (Wildman–Crippen LogP) is 3.85. The van der Waals surface area contributed by atoms with E-state index in [2.05, 4.69) is 10.3 Å². The molecule has 1 heterocycles. The minimum absolute atomic E-state index is 0.0836. The molecule has 2 rings (SSSR count). The normalized spacial score (nSPS) is 11.6. The molecule has 0 radical (unpaired) electrons. The van der Waals surface area contributed by atoms with Crippen LogP contribution in [0.1, 0.15) is 22.9 Å². The van der Waals surface area contributed by atoms with E-state index >= 15 is 0 Å². The molecular weight excluding hydrogens is 301 g/mol. The monoisotopic (exact) mass is 316 g/mol. The van der Waals surface area contributed by atoms with Crippen molar-refractivity contribution in [3.8, 4) is 5.75 Å². The Kier molecular flexibility index (Phi) is 5.19. The van der Waals surface area contributed by atoms with Crippen LogP contribution < -0.4 is 10.1 Å². The highest BCUT2D eigenvalue weighted by molar-refractivity contribution is 7.09. The van der Waals surface area contributed by atoms with Gasteiger partial charge in [-0.25, -0.2) is 0 Å². The highest BCUT2D eigenvalue weighted by atomic mass is 32.1. The lowest BCUT2D eigenvalue weighted by molar-refractivity contribution is -0.139. The van der Waals surface area contributed by atoms with Crippen molar-refractivity contribution >= 4 is 11.3 Å². The van der Waals surface area contributed by atoms with E-state index in [4.69, 9.17) is 4.74 Å². The summed E-state index contributed by atoms with van der Waals surface area (Å²) in [7, 11) is 0. The van der Waals surface area contributed by atoms with Gasteiger partial charge < -0.3 is 10.1 Å². The fourth-order valence-corrected chi connectivity index (χ4v) is 2.27. The first-order chi connectivity index (χ1) is 10.0. The van der Waals surface area contributed by atoms with Gasteiger partial charge >= 0.3 is 6.18 Å². The van der Waals surface area contributed by atoms with Crippen LogP contribution in [0.4, 0.5) is 13.2 Å². The number of benzene rings is 1. The molecule has 114 valence electrons. The molecule has 0 spiro atoms. The molecular formula is C14H15F3N2OS. The van der Waals surface area contributed by atoms with Gasteiger partial charge in [0.25, 0.3) is 0 Å². The van der Waals surface area contributed by atoms with Gasteiger partial charge in [-0.2, -0.15) is 13.2 Å². The van der Waals surface area contributed by atoms with Crippen LogP contribution in [0.25, 0.3) is 0 Å². The molecule has 0 aliphatic rings. The Morgan fingerprint density at radius 1 is 1.33 bits per heavy atom. The van der Waals surface area contributed by atoms with E-state index in [9.17, 15) is 13.2 Å². The Labute approximate surface area is 124 Å². The van der Waals surface area contributed by atoms with Crippen molar-refractivity contribution < 1.29 is 17.9 Å². The van der Waals surface area contributed by atoms with Gasteiger partial charge in [0.2, 0.25) is 0 Å². The van der Waals surface area contributed by atoms with Crippen molar-refractivity contribution in [1.29, 1.82) is 0 Å². The van der Waals surface area contributed by atoms with Gasteiger partial charge in [-0.05, 0) is 24.2 Å². The molecule has 7 heteroatoms. The zero-order valence-corrected chi connectivity index (χ0v) is 12.2. The number of rotatable bonds is 6. The highest BCUT2D eigenvalue weighted by Gasteiger charge is 2.34. The summed E-state index contributed by atoms with van der Waals surface area (Å²) in [6.45, 7) is 3.08. The van der Waals surface area contributed by atoms with E-state index in [0.29, 0.717) is 18.7 Å². The molecule has 0 aliphatic heterocycles. The van der Waals surface area contributed by atoms with Gasteiger partial charge in [0.05, 0.1) is 16.0 Å². The van der Waals surface area contributed by atoms with Crippen molar-refractivity contribution in [1.82, 2.24) is 10.3 Å². The zero-order chi connectivity index (χ0) is 15.3. The van der Waals surface area contributed by atoms with E-state index in [-0.39, 0.29) is 12.4 Å². The highest BCUT2D eigenvalue weighted by Crippen LogP contribution is 2.37. The summed E-state index contributed by atoms with van der Waals surface area (Å²) in [6.07, 6.45) is -2.86. The number of aromatic nitrogens is 1. The maximum absolute atomic E-state index is 13.1. The van der Waals surface area contributed by atoms with Crippen LogP contribution in [-0.4, -0.2) is 11.5 Å². The predicted molar refractivity (Wildman–Crippen MR) is 75.3 cm³/mol. The molecule has 0 saturated carbocycles. The third-order valence-corrected chi connectivity index (χ3v) is 3.54. The smallest absolute Gasteiger partial charge is 0.419 e. The second-order valence-corrected chi connectivity index (χ2v) is 5.34. The standard InChI is InChI=1S/C14H15F3N2OS/c1-2-18-6-10-3-4-13(12(5-10)14(15,16)17)20-8-11-7-19-9-21-11/h3-5,7,9,18H,2,6,8H2,1H3. The molecule has 2 aromatic rings. The van der Waals surface area contributed by atoms with Crippen molar-refractivity contribution in [2.75, 3.05) is 6.54 Å². The average Bonchev–Trinajstić information content (AvgIpc) is 2.95. The van der Waals surface area contributed by atoms with E-state index in [1.807, 2.05) is 6.92 Å². The lowest BCUT2D eigenvalue weighted by atomic mass is 10.1. The third-order valence-electron chi connectivity index (χ3n) is 2.78. The van der Waals surface area contributed by atoms with Crippen LogP contribution >= 0.6 is 11.3 Å². The van der Waals surface area contributed by atoms with Gasteiger partial charge in [0.1, 0.15) is 12.4 Å². The molecule has 0 bridgehead atoms. The summed E-state index contributed by atoms with van der Waals surface area (Å²) in [5, 5.41) is 3.00. The van der Waals surface area contributed by atoms with Crippen LogP contribution in [0.3, 0.4) is 0 Å². The number of hydrogen-bond acceptors (Lipinski definition) is 4.